The third-order valence-electron chi connectivity index (χ3n) is 2.94. The van der Waals surface area contributed by atoms with Crippen LogP contribution in [0.2, 0.25) is 0 Å². The zero-order valence-electron chi connectivity index (χ0n) is 11.7. The van der Waals surface area contributed by atoms with E-state index >= 15 is 0 Å². The van der Waals surface area contributed by atoms with Crippen molar-refractivity contribution in [1.82, 2.24) is 10.3 Å². The smallest absolute Gasteiger partial charge is 0.185 e. The molecule has 0 unspecified atom stereocenters. The predicted molar refractivity (Wildman–Crippen MR) is 83.0 cm³/mol. The van der Waals surface area contributed by atoms with Crippen LogP contribution in [-0.4, -0.2) is 35.1 Å². The van der Waals surface area contributed by atoms with Gasteiger partial charge < -0.3 is 10.2 Å². The molecule has 0 aliphatic carbocycles. The summed E-state index contributed by atoms with van der Waals surface area (Å²) >= 11 is 3.89. The summed E-state index contributed by atoms with van der Waals surface area (Å²) in [6.07, 6.45) is 0. The normalized spacial score (nSPS) is 17.2. The lowest BCUT2D eigenvalue weighted by Crippen LogP contribution is -2.35. The molecule has 0 amide bonds. The molecule has 1 N–H and O–H groups in total. The van der Waals surface area contributed by atoms with E-state index in [4.69, 9.17) is 4.98 Å². The SMILES string of the molecule is Cc1nc(N2CCSCC2)sc1CNC(C)(C)C. The molecule has 18 heavy (non-hydrogen) atoms. The Balaban J connectivity index is 2.02. The second kappa shape index (κ2) is 5.80. The molecule has 1 aliphatic rings. The Morgan fingerprint density at radius 1 is 1.28 bits per heavy atom. The number of aryl methyl sites for hydroxylation is 1. The van der Waals surface area contributed by atoms with Gasteiger partial charge in [0.2, 0.25) is 0 Å². The second-order valence-corrected chi connectivity index (χ2v) is 7.99. The Morgan fingerprint density at radius 3 is 2.56 bits per heavy atom. The van der Waals surface area contributed by atoms with Crippen molar-refractivity contribution >= 4 is 28.2 Å². The Hall–Kier alpha value is -0.260. The molecule has 2 rings (SSSR count). The van der Waals surface area contributed by atoms with E-state index in [1.165, 1.54) is 27.2 Å². The van der Waals surface area contributed by atoms with Crippen LogP contribution in [0.3, 0.4) is 0 Å². The predicted octanol–water partition coefficient (Wildman–Crippen LogP) is 2.89. The lowest BCUT2D eigenvalue weighted by molar-refractivity contribution is 0.425. The molecule has 2 heterocycles. The first-order valence-corrected chi connectivity index (χ1v) is 8.47. The van der Waals surface area contributed by atoms with Gasteiger partial charge in [-0.15, -0.1) is 11.3 Å². The zero-order chi connectivity index (χ0) is 13.2. The Kier molecular flexibility index (Phi) is 4.56. The lowest BCUT2D eigenvalue weighted by atomic mass is 10.1. The first-order chi connectivity index (χ1) is 8.46. The van der Waals surface area contributed by atoms with Gasteiger partial charge in [-0.25, -0.2) is 4.98 Å². The number of hydrogen-bond donors (Lipinski definition) is 1. The number of aromatic nitrogens is 1. The molecule has 0 spiro atoms. The first-order valence-electron chi connectivity index (χ1n) is 6.50. The van der Waals surface area contributed by atoms with Gasteiger partial charge in [0.15, 0.2) is 5.13 Å². The third-order valence-corrected chi connectivity index (χ3v) is 5.10. The van der Waals surface area contributed by atoms with E-state index in [-0.39, 0.29) is 5.54 Å². The Bertz CT molecular complexity index is 389. The van der Waals surface area contributed by atoms with Gasteiger partial charge in [0.25, 0.3) is 0 Å². The molecule has 0 bridgehead atoms. The highest BCUT2D eigenvalue weighted by Gasteiger charge is 2.17. The molecule has 1 fully saturated rings. The number of rotatable bonds is 3. The summed E-state index contributed by atoms with van der Waals surface area (Å²) < 4.78 is 0. The number of nitrogens with one attached hydrogen (secondary N) is 1. The molecule has 1 aliphatic heterocycles. The third kappa shape index (κ3) is 3.87. The van der Waals surface area contributed by atoms with Crippen LogP contribution in [0.1, 0.15) is 31.3 Å². The van der Waals surface area contributed by atoms with Crippen molar-refractivity contribution in [1.29, 1.82) is 0 Å². The minimum absolute atomic E-state index is 0.165. The van der Waals surface area contributed by atoms with Gasteiger partial charge in [-0.2, -0.15) is 11.8 Å². The molecule has 3 nitrogen and oxygen atoms in total. The van der Waals surface area contributed by atoms with Crippen LogP contribution in [0.5, 0.6) is 0 Å². The fourth-order valence-electron chi connectivity index (χ4n) is 1.81. The highest BCUT2D eigenvalue weighted by Crippen LogP contribution is 2.28. The van der Waals surface area contributed by atoms with Crippen LogP contribution in [0, 0.1) is 6.92 Å². The van der Waals surface area contributed by atoms with Gasteiger partial charge in [0.1, 0.15) is 0 Å². The number of anilines is 1. The maximum atomic E-state index is 4.73. The van der Waals surface area contributed by atoms with Crippen molar-refractivity contribution in [2.45, 2.75) is 39.8 Å². The summed E-state index contributed by atoms with van der Waals surface area (Å²) in [4.78, 5) is 8.53. The monoisotopic (exact) mass is 285 g/mol. The van der Waals surface area contributed by atoms with Crippen LogP contribution in [0.4, 0.5) is 5.13 Å². The van der Waals surface area contributed by atoms with Crippen LogP contribution in [0.25, 0.3) is 0 Å². The summed E-state index contributed by atoms with van der Waals surface area (Å²) in [5, 5.41) is 4.75. The second-order valence-electron chi connectivity index (χ2n) is 5.71. The van der Waals surface area contributed by atoms with Gasteiger partial charge in [0.05, 0.1) is 5.69 Å². The van der Waals surface area contributed by atoms with Gasteiger partial charge in [0, 0.05) is 41.6 Å². The van der Waals surface area contributed by atoms with E-state index < -0.39 is 0 Å². The van der Waals surface area contributed by atoms with E-state index in [2.05, 4.69) is 37.9 Å². The average Bonchev–Trinajstić information content (AvgIpc) is 2.68. The van der Waals surface area contributed by atoms with Crippen molar-refractivity contribution < 1.29 is 0 Å². The quantitative estimate of drug-likeness (QED) is 0.924. The number of hydrogen-bond acceptors (Lipinski definition) is 5. The minimum Gasteiger partial charge on any atom is -0.346 e. The number of thioether (sulfide) groups is 1. The van der Waals surface area contributed by atoms with Crippen LogP contribution >= 0.6 is 23.1 Å². The van der Waals surface area contributed by atoms with Gasteiger partial charge in [-0.1, -0.05) is 0 Å². The fraction of sp³-hybridized carbons (Fsp3) is 0.769. The average molecular weight is 285 g/mol. The van der Waals surface area contributed by atoms with Crippen LogP contribution in [-0.2, 0) is 6.54 Å². The Morgan fingerprint density at radius 2 is 1.94 bits per heavy atom. The van der Waals surface area contributed by atoms with Crippen molar-refractivity contribution in [3.05, 3.63) is 10.6 Å². The molecule has 0 aromatic carbocycles. The molecule has 0 atom stereocenters. The highest BCUT2D eigenvalue weighted by atomic mass is 32.2. The standard InChI is InChI=1S/C13H23N3S2/c1-10-11(9-14-13(2,3)4)18-12(15-10)16-5-7-17-8-6-16/h14H,5-9H2,1-4H3. The summed E-state index contributed by atoms with van der Waals surface area (Å²) in [5.74, 6) is 2.46. The maximum Gasteiger partial charge on any atom is 0.185 e. The number of nitrogens with zero attached hydrogens (tertiary/aromatic N) is 2. The van der Waals surface area contributed by atoms with Crippen LogP contribution in [0.15, 0.2) is 0 Å². The molecule has 1 aromatic heterocycles. The lowest BCUT2D eigenvalue weighted by Gasteiger charge is -2.25. The molecule has 0 saturated carbocycles. The summed E-state index contributed by atoms with van der Waals surface area (Å²) in [7, 11) is 0. The molecule has 1 saturated heterocycles. The summed E-state index contributed by atoms with van der Waals surface area (Å²) in [6.45, 7) is 11.9. The van der Waals surface area contributed by atoms with Crippen molar-refractivity contribution in [3.8, 4) is 0 Å². The topological polar surface area (TPSA) is 28.2 Å². The van der Waals surface area contributed by atoms with E-state index in [1.807, 2.05) is 23.1 Å². The minimum atomic E-state index is 0.165. The Labute approximate surface area is 118 Å². The first kappa shape index (κ1) is 14.2. The molecule has 1 aromatic rings. The van der Waals surface area contributed by atoms with Gasteiger partial charge >= 0.3 is 0 Å². The molecular weight excluding hydrogens is 262 g/mol. The van der Waals surface area contributed by atoms with Crippen molar-refractivity contribution in [2.75, 3.05) is 29.5 Å². The number of thiazole rings is 1. The summed E-state index contributed by atoms with van der Waals surface area (Å²) in [5.41, 5.74) is 1.35. The molecule has 0 radical (unpaired) electrons. The van der Waals surface area contributed by atoms with Crippen molar-refractivity contribution in [3.63, 3.8) is 0 Å². The van der Waals surface area contributed by atoms with E-state index in [1.54, 1.807) is 0 Å². The van der Waals surface area contributed by atoms with Gasteiger partial charge in [-0.05, 0) is 27.7 Å². The molecule has 5 heteroatoms. The molecule has 102 valence electrons. The maximum absolute atomic E-state index is 4.73. The van der Waals surface area contributed by atoms with E-state index in [0.29, 0.717) is 0 Å². The highest BCUT2D eigenvalue weighted by molar-refractivity contribution is 7.99. The fourth-order valence-corrected chi connectivity index (χ4v) is 3.77. The van der Waals surface area contributed by atoms with E-state index in [9.17, 15) is 0 Å². The van der Waals surface area contributed by atoms with Crippen LogP contribution < -0.4 is 10.2 Å². The zero-order valence-corrected chi connectivity index (χ0v) is 13.4. The van der Waals surface area contributed by atoms with Gasteiger partial charge in [-0.3, -0.25) is 0 Å². The summed E-state index contributed by atoms with van der Waals surface area (Å²) in [6, 6.07) is 0. The van der Waals surface area contributed by atoms with Crippen molar-refractivity contribution in [2.24, 2.45) is 0 Å². The molecular formula is C13H23N3S2. The van der Waals surface area contributed by atoms with E-state index in [0.717, 1.165) is 19.6 Å². The largest absolute Gasteiger partial charge is 0.346 e.